The van der Waals surface area contributed by atoms with Gasteiger partial charge in [-0.05, 0) is 57.7 Å². The minimum atomic E-state index is -2.01. The van der Waals surface area contributed by atoms with Crippen LogP contribution in [-0.4, -0.2) is 43.0 Å². The highest BCUT2D eigenvalue weighted by molar-refractivity contribution is 6.74. The van der Waals surface area contributed by atoms with Crippen LogP contribution in [0.15, 0.2) is 0 Å². The number of hydrogen-bond acceptors (Lipinski definition) is 4. The summed E-state index contributed by atoms with van der Waals surface area (Å²) in [5.41, 5.74) is -0.632. The van der Waals surface area contributed by atoms with Crippen molar-refractivity contribution in [1.29, 1.82) is 0 Å². The van der Waals surface area contributed by atoms with Gasteiger partial charge in [0.05, 0.1) is 12.1 Å². The number of imide groups is 1. The summed E-state index contributed by atoms with van der Waals surface area (Å²) < 4.78 is 12.2. The molecule has 26 heavy (non-hydrogen) atoms. The SMILES string of the molecule is CC(C)C[C@@H]1[C@@H](O[Si](C)(C)C(C)(C)C)CCC(=O)N1C(=O)OC(C)(C)C. The second-order valence-electron chi connectivity index (χ2n) is 10.4. The summed E-state index contributed by atoms with van der Waals surface area (Å²) in [6, 6.07) is -0.264. The molecule has 0 spiro atoms. The Bertz CT molecular complexity index is 517. The van der Waals surface area contributed by atoms with Crippen LogP contribution in [0.5, 0.6) is 0 Å². The second-order valence-corrected chi connectivity index (χ2v) is 15.2. The van der Waals surface area contributed by atoms with Crippen molar-refractivity contribution < 1.29 is 18.8 Å². The maximum atomic E-state index is 12.8. The van der Waals surface area contributed by atoms with Crippen LogP contribution >= 0.6 is 0 Å². The van der Waals surface area contributed by atoms with Crippen molar-refractivity contribution in [2.75, 3.05) is 0 Å². The van der Waals surface area contributed by atoms with Gasteiger partial charge in [0.15, 0.2) is 8.32 Å². The molecule has 1 heterocycles. The number of likely N-dealkylation sites (tertiary alicyclic amines) is 1. The van der Waals surface area contributed by atoms with Gasteiger partial charge in [0.25, 0.3) is 0 Å². The summed E-state index contributed by atoms with van der Waals surface area (Å²) in [4.78, 5) is 26.7. The lowest BCUT2D eigenvalue weighted by Crippen LogP contribution is -2.59. The fourth-order valence-electron chi connectivity index (χ4n) is 2.91. The van der Waals surface area contributed by atoms with Gasteiger partial charge in [-0.2, -0.15) is 0 Å². The van der Waals surface area contributed by atoms with Crippen molar-refractivity contribution >= 4 is 20.3 Å². The standard InChI is InChI=1S/C20H39NO4Si/c1-14(2)13-15-16(25-26(9,10)20(6,7)8)11-12-17(22)21(15)18(23)24-19(3,4)5/h14-16H,11-13H2,1-10H3/t15-,16+/m1/s1. The number of amides is 2. The van der Waals surface area contributed by atoms with Crippen molar-refractivity contribution in [3.8, 4) is 0 Å². The molecule has 2 atom stereocenters. The molecule has 0 bridgehead atoms. The summed E-state index contributed by atoms with van der Waals surface area (Å²) in [5, 5.41) is 0.0770. The third-order valence-electron chi connectivity index (χ3n) is 5.23. The third kappa shape index (κ3) is 6.08. The quantitative estimate of drug-likeness (QED) is 0.612. The van der Waals surface area contributed by atoms with Gasteiger partial charge >= 0.3 is 6.09 Å². The zero-order valence-electron chi connectivity index (χ0n) is 18.4. The van der Waals surface area contributed by atoms with Crippen molar-refractivity contribution in [1.82, 2.24) is 4.90 Å². The zero-order valence-corrected chi connectivity index (χ0v) is 19.4. The van der Waals surface area contributed by atoms with Gasteiger partial charge in [-0.15, -0.1) is 0 Å². The lowest BCUT2D eigenvalue weighted by molar-refractivity contribution is -0.140. The number of carbonyl (C=O) groups is 2. The third-order valence-corrected chi connectivity index (χ3v) is 9.73. The molecular weight excluding hydrogens is 346 g/mol. The number of ether oxygens (including phenoxy) is 1. The summed E-state index contributed by atoms with van der Waals surface area (Å²) in [5.74, 6) is 0.196. The highest BCUT2D eigenvalue weighted by atomic mass is 28.4. The van der Waals surface area contributed by atoms with Crippen LogP contribution in [0.2, 0.25) is 18.1 Å². The smallest absolute Gasteiger partial charge is 0.417 e. The van der Waals surface area contributed by atoms with Crippen LogP contribution < -0.4 is 0 Å². The van der Waals surface area contributed by atoms with Gasteiger partial charge in [-0.3, -0.25) is 4.79 Å². The molecule has 0 saturated carbocycles. The molecule has 0 aromatic heterocycles. The van der Waals surface area contributed by atoms with Gasteiger partial charge < -0.3 is 9.16 Å². The number of carbonyl (C=O) groups excluding carboxylic acids is 2. The molecule has 0 unspecified atom stereocenters. The molecule has 0 N–H and O–H groups in total. The maximum Gasteiger partial charge on any atom is 0.417 e. The second kappa shape index (κ2) is 8.01. The Hall–Kier alpha value is -0.883. The Kier molecular flexibility index (Phi) is 7.13. The first-order valence-electron chi connectivity index (χ1n) is 9.78. The largest absolute Gasteiger partial charge is 0.443 e. The van der Waals surface area contributed by atoms with Crippen LogP contribution in [0.4, 0.5) is 4.79 Å². The van der Waals surface area contributed by atoms with E-state index in [0.29, 0.717) is 18.8 Å². The van der Waals surface area contributed by atoms with Gasteiger partial charge in [0.1, 0.15) is 5.60 Å². The molecule has 1 aliphatic rings. The van der Waals surface area contributed by atoms with E-state index < -0.39 is 20.0 Å². The lowest BCUT2D eigenvalue weighted by atomic mass is 9.91. The first-order valence-corrected chi connectivity index (χ1v) is 12.7. The van der Waals surface area contributed by atoms with E-state index in [-0.39, 0.29) is 23.1 Å². The Balaban J connectivity index is 3.15. The lowest BCUT2D eigenvalue weighted by Gasteiger charge is -2.46. The molecule has 2 amide bonds. The van der Waals surface area contributed by atoms with E-state index in [1.807, 2.05) is 20.8 Å². The number of rotatable bonds is 4. The Morgan fingerprint density at radius 1 is 1.19 bits per heavy atom. The van der Waals surface area contributed by atoms with Crippen LogP contribution in [0.25, 0.3) is 0 Å². The number of nitrogens with zero attached hydrogens (tertiary/aromatic N) is 1. The molecule has 1 rings (SSSR count). The molecule has 0 aromatic rings. The van der Waals surface area contributed by atoms with Gasteiger partial charge in [-0.1, -0.05) is 34.6 Å². The molecule has 0 radical (unpaired) electrons. The fraction of sp³-hybridized carbons (Fsp3) is 0.900. The number of hydrogen-bond donors (Lipinski definition) is 0. The first-order chi connectivity index (χ1) is 11.5. The highest BCUT2D eigenvalue weighted by Gasteiger charge is 2.46. The van der Waals surface area contributed by atoms with Crippen LogP contribution in [-0.2, 0) is 14.0 Å². The highest BCUT2D eigenvalue weighted by Crippen LogP contribution is 2.40. The molecule has 152 valence electrons. The molecule has 0 aliphatic carbocycles. The molecular formula is C20H39NO4Si. The minimum absolute atomic E-state index is 0.0770. The topological polar surface area (TPSA) is 55.8 Å². The van der Waals surface area contributed by atoms with E-state index in [4.69, 9.17) is 9.16 Å². The van der Waals surface area contributed by atoms with Crippen molar-refractivity contribution in [3.63, 3.8) is 0 Å². The van der Waals surface area contributed by atoms with E-state index in [1.54, 1.807) is 0 Å². The summed E-state index contributed by atoms with van der Waals surface area (Å²) in [6.07, 6.45) is 1.06. The van der Waals surface area contributed by atoms with Crippen LogP contribution in [0.3, 0.4) is 0 Å². The Morgan fingerprint density at radius 2 is 1.73 bits per heavy atom. The van der Waals surface area contributed by atoms with E-state index in [1.165, 1.54) is 4.90 Å². The van der Waals surface area contributed by atoms with Gasteiger partial charge in [0.2, 0.25) is 5.91 Å². The maximum absolute atomic E-state index is 12.8. The van der Waals surface area contributed by atoms with Gasteiger partial charge in [-0.25, -0.2) is 9.69 Å². The first kappa shape index (κ1) is 23.2. The predicted molar refractivity (Wildman–Crippen MR) is 108 cm³/mol. The van der Waals surface area contributed by atoms with Crippen molar-refractivity contribution in [2.45, 2.75) is 111 Å². The summed E-state index contributed by atoms with van der Waals surface area (Å²) in [6.45, 7) is 20.7. The van der Waals surface area contributed by atoms with Crippen molar-refractivity contribution in [2.24, 2.45) is 5.92 Å². The molecule has 0 aromatic carbocycles. The van der Waals surface area contributed by atoms with Crippen molar-refractivity contribution in [3.05, 3.63) is 0 Å². The molecule has 5 nitrogen and oxygen atoms in total. The Labute approximate surface area is 160 Å². The molecule has 6 heteroatoms. The monoisotopic (exact) mass is 385 g/mol. The van der Waals surface area contributed by atoms with E-state index >= 15 is 0 Å². The van der Waals surface area contributed by atoms with Crippen LogP contribution in [0.1, 0.15) is 74.7 Å². The average molecular weight is 386 g/mol. The summed E-state index contributed by atoms with van der Waals surface area (Å²) in [7, 11) is -2.01. The molecule has 1 aliphatic heterocycles. The van der Waals surface area contributed by atoms with E-state index in [2.05, 4.69) is 47.7 Å². The molecule has 1 saturated heterocycles. The number of piperidine rings is 1. The van der Waals surface area contributed by atoms with Crippen LogP contribution in [0, 0.1) is 5.92 Å². The normalized spacial score (nSPS) is 22.7. The van der Waals surface area contributed by atoms with E-state index in [9.17, 15) is 9.59 Å². The van der Waals surface area contributed by atoms with Gasteiger partial charge in [0, 0.05) is 6.42 Å². The summed E-state index contributed by atoms with van der Waals surface area (Å²) >= 11 is 0. The van der Waals surface area contributed by atoms with E-state index in [0.717, 1.165) is 6.42 Å². The fourth-order valence-corrected chi connectivity index (χ4v) is 4.30. The molecule has 1 fully saturated rings. The zero-order chi connectivity index (χ0) is 20.5. The average Bonchev–Trinajstić information content (AvgIpc) is 2.37. The predicted octanol–water partition coefficient (Wildman–Crippen LogP) is 5.35. The Morgan fingerprint density at radius 3 is 2.15 bits per heavy atom. The minimum Gasteiger partial charge on any atom is -0.443 e.